The van der Waals surface area contributed by atoms with E-state index in [2.05, 4.69) is 5.32 Å². The molecule has 5 heteroatoms. The Labute approximate surface area is 119 Å². The van der Waals surface area contributed by atoms with E-state index >= 15 is 0 Å². The van der Waals surface area contributed by atoms with Gasteiger partial charge in [0.1, 0.15) is 5.75 Å². The van der Waals surface area contributed by atoms with Crippen LogP contribution < -0.4 is 10.1 Å². The van der Waals surface area contributed by atoms with Crippen LogP contribution >= 0.6 is 0 Å². The van der Waals surface area contributed by atoms with Crippen molar-refractivity contribution in [3.8, 4) is 5.75 Å². The van der Waals surface area contributed by atoms with Gasteiger partial charge >= 0.3 is 5.97 Å². The average molecular weight is 279 g/mol. The Bertz CT molecular complexity index is 483. The number of hydrogen-bond donors (Lipinski definition) is 1. The van der Waals surface area contributed by atoms with E-state index in [-0.39, 0.29) is 25.2 Å². The predicted molar refractivity (Wildman–Crippen MR) is 75.6 cm³/mol. The number of rotatable bonds is 6. The molecule has 1 aromatic carbocycles. The van der Waals surface area contributed by atoms with Gasteiger partial charge in [-0.25, -0.2) is 4.79 Å². The molecule has 0 fully saturated rings. The second kappa shape index (κ2) is 7.53. The number of ether oxygens (including phenoxy) is 2. The summed E-state index contributed by atoms with van der Waals surface area (Å²) >= 11 is 0. The van der Waals surface area contributed by atoms with Gasteiger partial charge in [-0.1, -0.05) is 12.1 Å². The van der Waals surface area contributed by atoms with E-state index in [0.29, 0.717) is 5.75 Å². The van der Waals surface area contributed by atoms with Crippen molar-refractivity contribution in [3.63, 3.8) is 0 Å². The van der Waals surface area contributed by atoms with Crippen LogP contribution in [0.15, 0.2) is 18.2 Å². The van der Waals surface area contributed by atoms with Crippen LogP contribution in [0.1, 0.15) is 25.0 Å². The molecule has 110 valence electrons. The van der Waals surface area contributed by atoms with Crippen LogP contribution in [0.5, 0.6) is 5.75 Å². The summed E-state index contributed by atoms with van der Waals surface area (Å²) in [4.78, 5) is 22.8. The summed E-state index contributed by atoms with van der Waals surface area (Å²) in [6, 6.07) is 5.64. The first kappa shape index (κ1) is 16.0. The third-order valence-electron chi connectivity index (χ3n) is 2.71. The second-order valence-corrected chi connectivity index (χ2v) is 4.87. The lowest BCUT2D eigenvalue weighted by Gasteiger charge is -2.11. The van der Waals surface area contributed by atoms with Gasteiger partial charge in [0.05, 0.1) is 0 Å². The van der Waals surface area contributed by atoms with Crippen molar-refractivity contribution < 1.29 is 19.1 Å². The molecule has 1 aromatic rings. The quantitative estimate of drug-likeness (QED) is 0.806. The van der Waals surface area contributed by atoms with Crippen molar-refractivity contribution in [2.75, 3.05) is 13.2 Å². The van der Waals surface area contributed by atoms with Crippen molar-refractivity contribution in [3.05, 3.63) is 29.3 Å². The summed E-state index contributed by atoms with van der Waals surface area (Å²) in [6.07, 6.45) is 0. The molecule has 0 heterocycles. The fourth-order valence-corrected chi connectivity index (χ4v) is 1.57. The molecule has 1 rings (SSSR count). The first-order chi connectivity index (χ1) is 9.40. The predicted octanol–water partition coefficient (Wildman–Crippen LogP) is 1.75. The van der Waals surface area contributed by atoms with Gasteiger partial charge < -0.3 is 14.8 Å². The molecule has 0 aliphatic rings. The zero-order valence-electron chi connectivity index (χ0n) is 12.4. The summed E-state index contributed by atoms with van der Waals surface area (Å²) in [6.45, 7) is 7.07. The molecule has 0 saturated heterocycles. The number of hydrogen-bond acceptors (Lipinski definition) is 4. The Morgan fingerprint density at radius 3 is 2.55 bits per heavy atom. The van der Waals surface area contributed by atoms with Gasteiger partial charge in [0.25, 0.3) is 5.91 Å². The monoisotopic (exact) mass is 279 g/mol. The summed E-state index contributed by atoms with van der Waals surface area (Å²) in [7, 11) is 0. The SMILES string of the molecule is Cc1cccc(OCC(=O)OCC(=O)NC(C)C)c1C. The van der Waals surface area contributed by atoms with E-state index < -0.39 is 5.97 Å². The third kappa shape index (κ3) is 5.30. The second-order valence-electron chi connectivity index (χ2n) is 4.87. The van der Waals surface area contributed by atoms with E-state index in [9.17, 15) is 9.59 Å². The number of carbonyl (C=O) groups excluding carboxylic acids is 2. The van der Waals surface area contributed by atoms with E-state index in [1.165, 1.54) is 0 Å². The minimum atomic E-state index is -0.565. The Balaban J connectivity index is 2.37. The molecule has 1 amide bonds. The molecule has 0 aromatic heterocycles. The Morgan fingerprint density at radius 1 is 1.20 bits per heavy atom. The van der Waals surface area contributed by atoms with Gasteiger partial charge in [0, 0.05) is 6.04 Å². The van der Waals surface area contributed by atoms with E-state index in [0.717, 1.165) is 11.1 Å². The van der Waals surface area contributed by atoms with E-state index in [4.69, 9.17) is 9.47 Å². The molecule has 0 atom stereocenters. The summed E-state index contributed by atoms with van der Waals surface area (Å²) in [5.74, 6) is -0.238. The number of aryl methyl sites for hydroxylation is 1. The molecule has 0 spiro atoms. The molecule has 1 N–H and O–H groups in total. The van der Waals surface area contributed by atoms with Crippen molar-refractivity contribution in [2.45, 2.75) is 33.7 Å². The largest absolute Gasteiger partial charge is 0.482 e. The lowest BCUT2D eigenvalue weighted by atomic mass is 10.1. The molecule has 20 heavy (non-hydrogen) atoms. The van der Waals surface area contributed by atoms with Gasteiger partial charge in [0.15, 0.2) is 13.2 Å². The van der Waals surface area contributed by atoms with Crippen LogP contribution in [0.25, 0.3) is 0 Å². The van der Waals surface area contributed by atoms with Crippen LogP contribution in [-0.4, -0.2) is 31.1 Å². The maximum Gasteiger partial charge on any atom is 0.344 e. The normalized spacial score (nSPS) is 10.2. The Morgan fingerprint density at radius 2 is 1.90 bits per heavy atom. The Hall–Kier alpha value is -2.04. The molecule has 0 unspecified atom stereocenters. The van der Waals surface area contributed by atoms with Crippen LogP contribution in [0.2, 0.25) is 0 Å². The minimum absolute atomic E-state index is 0.0207. The average Bonchev–Trinajstić information content (AvgIpc) is 2.37. The van der Waals surface area contributed by atoms with E-state index in [1.54, 1.807) is 6.07 Å². The fourth-order valence-electron chi connectivity index (χ4n) is 1.57. The van der Waals surface area contributed by atoms with Crippen LogP contribution in [0.3, 0.4) is 0 Å². The molecular weight excluding hydrogens is 258 g/mol. The first-order valence-electron chi connectivity index (χ1n) is 6.54. The lowest BCUT2D eigenvalue weighted by Crippen LogP contribution is -2.34. The van der Waals surface area contributed by atoms with Crippen LogP contribution in [0, 0.1) is 13.8 Å². The van der Waals surface area contributed by atoms with E-state index in [1.807, 2.05) is 39.8 Å². The topological polar surface area (TPSA) is 64.6 Å². The Kier molecular flexibility index (Phi) is 6.03. The smallest absolute Gasteiger partial charge is 0.344 e. The van der Waals surface area contributed by atoms with Crippen LogP contribution in [-0.2, 0) is 14.3 Å². The fraction of sp³-hybridized carbons (Fsp3) is 0.467. The van der Waals surface area contributed by atoms with Crippen molar-refractivity contribution in [1.29, 1.82) is 0 Å². The highest BCUT2D eigenvalue weighted by Gasteiger charge is 2.10. The lowest BCUT2D eigenvalue weighted by molar-refractivity contribution is -0.150. The molecule has 0 bridgehead atoms. The van der Waals surface area contributed by atoms with Gasteiger partial charge in [0.2, 0.25) is 0 Å². The van der Waals surface area contributed by atoms with Crippen molar-refractivity contribution >= 4 is 11.9 Å². The number of nitrogens with one attached hydrogen (secondary N) is 1. The minimum Gasteiger partial charge on any atom is -0.482 e. The first-order valence-corrected chi connectivity index (χ1v) is 6.54. The molecule has 5 nitrogen and oxygen atoms in total. The highest BCUT2D eigenvalue weighted by Crippen LogP contribution is 2.20. The number of carbonyl (C=O) groups is 2. The van der Waals surface area contributed by atoms with Crippen molar-refractivity contribution in [1.82, 2.24) is 5.32 Å². The summed E-state index contributed by atoms with van der Waals surface area (Å²) in [5.41, 5.74) is 2.07. The zero-order valence-corrected chi connectivity index (χ0v) is 12.4. The molecule has 0 aliphatic carbocycles. The van der Waals surface area contributed by atoms with Crippen LogP contribution in [0.4, 0.5) is 0 Å². The molecule has 0 aliphatic heterocycles. The highest BCUT2D eigenvalue weighted by atomic mass is 16.6. The van der Waals surface area contributed by atoms with Gasteiger partial charge in [-0.15, -0.1) is 0 Å². The number of amides is 1. The maximum absolute atomic E-state index is 11.5. The summed E-state index contributed by atoms with van der Waals surface area (Å²) < 4.78 is 10.2. The molecular formula is C15H21NO4. The maximum atomic E-state index is 11.5. The molecule has 0 radical (unpaired) electrons. The van der Waals surface area contributed by atoms with Crippen molar-refractivity contribution in [2.24, 2.45) is 0 Å². The third-order valence-corrected chi connectivity index (χ3v) is 2.71. The number of benzene rings is 1. The van der Waals surface area contributed by atoms with Gasteiger partial charge in [-0.3, -0.25) is 4.79 Å². The highest BCUT2D eigenvalue weighted by molar-refractivity contribution is 5.81. The van der Waals surface area contributed by atoms with Gasteiger partial charge in [-0.2, -0.15) is 0 Å². The van der Waals surface area contributed by atoms with Gasteiger partial charge in [-0.05, 0) is 44.9 Å². The standard InChI is InChI=1S/C15H21NO4/c1-10(2)16-14(17)8-20-15(18)9-19-13-7-5-6-11(3)12(13)4/h5-7,10H,8-9H2,1-4H3,(H,16,17). The summed E-state index contributed by atoms with van der Waals surface area (Å²) in [5, 5.41) is 2.63. The zero-order chi connectivity index (χ0) is 15.1. The number of esters is 1. The molecule has 0 saturated carbocycles.